The summed E-state index contributed by atoms with van der Waals surface area (Å²) in [6.07, 6.45) is 6.52. The zero-order chi connectivity index (χ0) is 13.0. The number of hydrogen-bond donors (Lipinski definition) is 0. The van der Waals surface area contributed by atoms with Crippen molar-refractivity contribution in [3.8, 4) is 0 Å². The van der Waals surface area contributed by atoms with E-state index in [1.54, 1.807) is 6.92 Å². The molecule has 0 aromatic rings. The lowest BCUT2D eigenvalue weighted by atomic mass is 9.89. The molecule has 0 radical (unpaired) electrons. The Morgan fingerprint density at radius 2 is 2.06 bits per heavy atom. The van der Waals surface area contributed by atoms with Crippen LogP contribution >= 0.6 is 0 Å². The maximum absolute atomic E-state index is 11.8. The molecule has 2 fully saturated rings. The van der Waals surface area contributed by atoms with Gasteiger partial charge in [0.25, 0.3) is 0 Å². The van der Waals surface area contributed by atoms with E-state index >= 15 is 0 Å². The molecule has 1 saturated heterocycles. The Hall–Kier alpha value is -0.900. The number of hydrogen-bond acceptors (Lipinski definition) is 4. The number of Topliss-reactive ketones (excluding diaryl/α,β-unsaturated/α-hetero) is 1. The molecular formula is C14H23NO3. The molecule has 2 aliphatic rings. The van der Waals surface area contributed by atoms with E-state index in [9.17, 15) is 9.59 Å². The molecule has 1 atom stereocenters. The molecule has 0 bridgehead atoms. The smallest absolute Gasteiger partial charge is 0.317 e. The van der Waals surface area contributed by atoms with Gasteiger partial charge in [-0.25, -0.2) is 0 Å². The van der Waals surface area contributed by atoms with E-state index in [4.69, 9.17) is 4.74 Å². The van der Waals surface area contributed by atoms with Crippen molar-refractivity contribution < 1.29 is 14.3 Å². The van der Waals surface area contributed by atoms with Gasteiger partial charge < -0.3 is 4.74 Å². The lowest BCUT2D eigenvalue weighted by Crippen LogP contribution is -2.30. The Bertz CT molecular complexity index is 310. The number of ketones is 1. The Kier molecular flexibility index (Phi) is 4.75. The van der Waals surface area contributed by atoms with Crippen molar-refractivity contribution >= 4 is 11.8 Å². The molecule has 0 aromatic heterocycles. The van der Waals surface area contributed by atoms with Crippen LogP contribution in [0.2, 0.25) is 0 Å². The third kappa shape index (κ3) is 3.31. The highest BCUT2D eigenvalue weighted by Gasteiger charge is 2.37. The summed E-state index contributed by atoms with van der Waals surface area (Å²) in [7, 11) is 0. The van der Waals surface area contributed by atoms with E-state index in [1.807, 2.05) is 0 Å². The fourth-order valence-corrected chi connectivity index (χ4v) is 3.08. The van der Waals surface area contributed by atoms with Gasteiger partial charge in [0.15, 0.2) is 5.78 Å². The Morgan fingerprint density at radius 1 is 1.33 bits per heavy atom. The van der Waals surface area contributed by atoms with Crippen LogP contribution in [0.4, 0.5) is 0 Å². The van der Waals surface area contributed by atoms with Crippen molar-refractivity contribution in [2.45, 2.75) is 39.0 Å². The standard InChI is InChI=1S/C14H23NO3/c1-2-18-14(17)12-9-15(10-13(12)16)8-11-6-4-3-5-7-11/h11-12H,2-10H2,1H3. The summed E-state index contributed by atoms with van der Waals surface area (Å²) in [6.45, 7) is 4.10. The first kappa shape index (κ1) is 13.5. The van der Waals surface area contributed by atoms with E-state index in [1.165, 1.54) is 32.1 Å². The summed E-state index contributed by atoms with van der Waals surface area (Å²) < 4.78 is 4.95. The highest BCUT2D eigenvalue weighted by molar-refractivity contribution is 6.01. The fraction of sp³-hybridized carbons (Fsp3) is 0.857. The third-order valence-corrected chi connectivity index (χ3v) is 4.02. The van der Waals surface area contributed by atoms with E-state index < -0.39 is 5.92 Å². The van der Waals surface area contributed by atoms with Crippen LogP contribution in [0, 0.1) is 11.8 Å². The molecule has 4 nitrogen and oxygen atoms in total. The first-order valence-corrected chi connectivity index (χ1v) is 7.12. The molecule has 2 rings (SSSR count). The van der Waals surface area contributed by atoms with E-state index in [0.29, 0.717) is 25.6 Å². The highest BCUT2D eigenvalue weighted by atomic mass is 16.5. The predicted molar refractivity (Wildman–Crippen MR) is 68.1 cm³/mol. The molecule has 1 saturated carbocycles. The van der Waals surface area contributed by atoms with Crippen LogP contribution in [0.1, 0.15) is 39.0 Å². The molecule has 0 aromatic carbocycles. The van der Waals surface area contributed by atoms with E-state index in [2.05, 4.69) is 4.90 Å². The number of esters is 1. The summed E-state index contributed by atoms with van der Waals surface area (Å²) in [6, 6.07) is 0. The van der Waals surface area contributed by atoms with Crippen molar-refractivity contribution in [3.63, 3.8) is 0 Å². The topological polar surface area (TPSA) is 46.6 Å². The maximum Gasteiger partial charge on any atom is 0.317 e. The lowest BCUT2D eigenvalue weighted by Gasteiger charge is -2.26. The minimum absolute atomic E-state index is 0.0317. The van der Waals surface area contributed by atoms with Crippen LogP contribution in [0.25, 0.3) is 0 Å². The normalized spacial score (nSPS) is 26.5. The first-order valence-electron chi connectivity index (χ1n) is 7.12. The molecule has 1 heterocycles. The molecule has 1 unspecified atom stereocenters. The zero-order valence-electron chi connectivity index (χ0n) is 11.2. The summed E-state index contributed by atoms with van der Waals surface area (Å²) in [5, 5.41) is 0. The van der Waals surface area contributed by atoms with Crippen molar-refractivity contribution in [2.24, 2.45) is 11.8 Å². The molecule has 0 N–H and O–H groups in total. The Morgan fingerprint density at radius 3 is 2.72 bits per heavy atom. The molecule has 102 valence electrons. The second-order valence-corrected chi connectivity index (χ2v) is 5.47. The third-order valence-electron chi connectivity index (χ3n) is 4.02. The largest absolute Gasteiger partial charge is 0.465 e. The van der Waals surface area contributed by atoms with Gasteiger partial charge in [0.2, 0.25) is 0 Å². The lowest BCUT2D eigenvalue weighted by molar-refractivity contribution is -0.149. The highest BCUT2D eigenvalue weighted by Crippen LogP contribution is 2.26. The Labute approximate surface area is 109 Å². The van der Waals surface area contributed by atoms with Gasteiger partial charge >= 0.3 is 5.97 Å². The molecule has 0 spiro atoms. The fourth-order valence-electron chi connectivity index (χ4n) is 3.08. The van der Waals surface area contributed by atoms with Crippen molar-refractivity contribution in [1.29, 1.82) is 0 Å². The van der Waals surface area contributed by atoms with Crippen molar-refractivity contribution in [3.05, 3.63) is 0 Å². The number of rotatable bonds is 4. The Balaban J connectivity index is 1.82. The number of carbonyl (C=O) groups is 2. The predicted octanol–water partition coefficient (Wildman–Crippen LogP) is 1.63. The van der Waals surface area contributed by atoms with Crippen molar-refractivity contribution in [1.82, 2.24) is 4.90 Å². The molecule has 1 aliphatic heterocycles. The first-order chi connectivity index (χ1) is 8.70. The van der Waals surface area contributed by atoms with Crippen LogP contribution in [-0.4, -0.2) is 42.9 Å². The summed E-state index contributed by atoms with van der Waals surface area (Å²) in [4.78, 5) is 25.6. The average Bonchev–Trinajstić information content (AvgIpc) is 2.72. The molecule has 1 aliphatic carbocycles. The van der Waals surface area contributed by atoms with Gasteiger partial charge in [-0.15, -0.1) is 0 Å². The molecule has 18 heavy (non-hydrogen) atoms. The molecule has 0 amide bonds. The maximum atomic E-state index is 11.8. The second kappa shape index (κ2) is 6.32. The van der Waals surface area contributed by atoms with Gasteiger partial charge in [-0.05, 0) is 25.7 Å². The summed E-state index contributed by atoms with van der Waals surface area (Å²) >= 11 is 0. The number of likely N-dealkylation sites (tertiary alicyclic amines) is 1. The van der Waals surface area contributed by atoms with E-state index in [0.717, 1.165) is 6.54 Å². The summed E-state index contributed by atoms with van der Waals surface area (Å²) in [5.41, 5.74) is 0. The minimum atomic E-state index is -0.534. The minimum Gasteiger partial charge on any atom is -0.465 e. The summed E-state index contributed by atoms with van der Waals surface area (Å²) in [5.74, 6) is -0.126. The average molecular weight is 253 g/mol. The van der Waals surface area contributed by atoms with Crippen LogP contribution in [0.5, 0.6) is 0 Å². The SMILES string of the molecule is CCOC(=O)C1CN(CC2CCCCC2)CC1=O. The van der Waals surface area contributed by atoms with Gasteiger partial charge in [-0.1, -0.05) is 19.3 Å². The van der Waals surface area contributed by atoms with E-state index in [-0.39, 0.29) is 11.8 Å². The molecule has 4 heteroatoms. The van der Waals surface area contributed by atoms with Crippen LogP contribution in [0.3, 0.4) is 0 Å². The van der Waals surface area contributed by atoms with Crippen molar-refractivity contribution in [2.75, 3.05) is 26.2 Å². The van der Waals surface area contributed by atoms with Gasteiger partial charge in [-0.3, -0.25) is 14.5 Å². The van der Waals surface area contributed by atoms with Crippen LogP contribution in [0.15, 0.2) is 0 Å². The van der Waals surface area contributed by atoms with Crippen LogP contribution < -0.4 is 0 Å². The number of nitrogens with zero attached hydrogens (tertiary/aromatic N) is 1. The van der Waals surface area contributed by atoms with Gasteiger partial charge in [0, 0.05) is 13.1 Å². The molecular weight excluding hydrogens is 230 g/mol. The van der Waals surface area contributed by atoms with Crippen LogP contribution in [-0.2, 0) is 14.3 Å². The zero-order valence-corrected chi connectivity index (χ0v) is 11.2. The quantitative estimate of drug-likeness (QED) is 0.564. The number of ether oxygens (including phenoxy) is 1. The van der Waals surface area contributed by atoms with Gasteiger partial charge in [0.05, 0.1) is 13.2 Å². The monoisotopic (exact) mass is 253 g/mol. The van der Waals surface area contributed by atoms with Gasteiger partial charge in [-0.2, -0.15) is 0 Å². The van der Waals surface area contributed by atoms with Gasteiger partial charge in [0.1, 0.15) is 5.92 Å². The second-order valence-electron chi connectivity index (χ2n) is 5.47. The number of carbonyl (C=O) groups excluding carboxylic acids is 2.